The first-order valence-corrected chi connectivity index (χ1v) is 6.09. The standard InChI is InChI=1S/C14H20N2O/c1-14(2)8-10(14)9-16-13(17)11-6-4-5-7-12(11)15-3/h4-7,10,15H,8-9H2,1-3H3,(H,16,17). The molecule has 1 saturated carbocycles. The number of anilines is 1. The summed E-state index contributed by atoms with van der Waals surface area (Å²) < 4.78 is 0. The van der Waals surface area contributed by atoms with E-state index in [1.165, 1.54) is 6.42 Å². The quantitative estimate of drug-likeness (QED) is 0.837. The second-order valence-electron chi connectivity index (χ2n) is 5.40. The molecule has 1 amide bonds. The smallest absolute Gasteiger partial charge is 0.253 e. The van der Waals surface area contributed by atoms with Crippen LogP contribution in [0, 0.1) is 11.3 Å². The van der Waals surface area contributed by atoms with Crippen molar-refractivity contribution < 1.29 is 4.79 Å². The van der Waals surface area contributed by atoms with Crippen molar-refractivity contribution in [3.63, 3.8) is 0 Å². The number of amides is 1. The molecule has 3 nitrogen and oxygen atoms in total. The molecule has 0 saturated heterocycles. The Morgan fingerprint density at radius 1 is 1.41 bits per heavy atom. The first kappa shape index (κ1) is 12.0. The van der Waals surface area contributed by atoms with Gasteiger partial charge in [-0.1, -0.05) is 26.0 Å². The van der Waals surface area contributed by atoms with Gasteiger partial charge in [0.15, 0.2) is 0 Å². The van der Waals surface area contributed by atoms with Crippen LogP contribution in [-0.2, 0) is 0 Å². The monoisotopic (exact) mass is 232 g/mol. The van der Waals surface area contributed by atoms with Crippen LogP contribution in [0.2, 0.25) is 0 Å². The van der Waals surface area contributed by atoms with Crippen LogP contribution < -0.4 is 10.6 Å². The topological polar surface area (TPSA) is 41.1 Å². The maximum atomic E-state index is 12.0. The van der Waals surface area contributed by atoms with Crippen LogP contribution in [0.5, 0.6) is 0 Å². The Hall–Kier alpha value is -1.51. The summed E-state index contributed by atoms with van der Waals surface area (Å²) in [5, 5.41) is 6.05. The molecule has 0 aromatic heterocycles. The maximum absolute atomic E-state index is 12.0. The van der Waals surface area contributed by atoms with Gasteiger partial charge in [0.05, 0.1) is 5.56 Å². The van der Waals surface area contributed by atoms with Crippen molar-refractivity contribution in [2.75, 3.05) is 18.9 Å². The van der Waals surface area contributed by atoms with E-state index in [4.69, 9.17) is 0 Å². The molecule has 1 fully saturated rings. The van der Waals surface area contributed by atoms with Gasteiger partial charge in [-0.15, -0.1) is 0 Å². The van der Waals surface area contributed by atoms with Crippen LogP contribution >= 0.6 is 0 Å². The second kappa shape index (κ2) is 4.40. The summed E-state index contributed by atoms with van der Waals surface area (Å²) in [6, 6.07) is 7.57. The Balaban J connectivity index is 1.95. The molecular formula is C14H20N2O. The average Bonchev–Trinajstić information content (AvgIpc) is 2.94. The second-order valence-corrected chi connectivity index (χ2v) is 5.40. The number of para-hydroxylation sites is 1. The number of nitrogens with one attached hydrogen (secondary N) is 2. The third-order valence-corrected chi connectivity index (χ3v) is 3.67. The molecule has 1 aliphatic carbocycles. The number of carbonyl (C=O) groups excluding carboxylic acids is 1. The third kappa shape index (κ3) is 2.60. The summed E-state index contributed by atoms with van der Waals surface area (Å²) in [6.45, 7) is 5.26. The highest BCUT2D eigenvalue weighted by Crippen LogP contribution is 2.50. The lowest BCUT2D eigenvalue weighted by Crippen LogP contribution is -2.27. The third-order valence-electron chi connectivity index (χ3n) is 3.67. The van der Waals surface area contributed by atoms with Crippen LogP contribution in [0.25, 0.3) is 0 Å². The van der Waals surface area contributed by atoms with Gasteiger partial charge >= 0.3 is 0 Å². The Bertz CT molecular complexity index is 426. The van der Waals surface area contributed by atoms with E-state index in [2.05, 4.69) is 24.5 Å². The van der Waals surface area contributed by atoms with Gasteiger partial charge in [-0.3, -0.25) is 4.79 Å². The van der Waals surface area contributed by atoms with Gasteiger partial charge in [0, 0.05) is 19.3 Å². The van der Waals surface area contributed by atoms with E-state index in [1.54, 1.807) is 0 Å². The highest BCUT2D eigenvalue weighted by Gasteiger charge is 2.45. The zero-order valence-electron chi connectivity index (χ0n) is 10.7. The molecule has 1 aromatic carbocycles. The predicted molar refractivity (Wildman–Crippen MR) is 70.2 cm³/mol. The minimum atomic E-state index is 0.0117. The van der Waals surface area contributed by atoms with E-state index in [1.807, 2.05) is 31.3 Å². The fraction of sp³-hybridized carbons (Fsp3) is 0.500. The molecule has 2 rings (SSSR count). The normalized spacial score (nSPS) is 20.8. The van der Waals surface area contributed by atoms with Crippen LogP contribution in [0.3, 0.4) is 0 Å². The lowest BCUT2D eigenvalue weighted by Gasteiger charge is -2.10. The fourth-order valence-electron chi connectivity index (χ4n) is 2.13. The van der Waals surface area contributed by atoms with Crippen molar-refractivity contribution in [3.8, 4) is 0 Å². The van der Waals surface area contributed by atoms with Crippen LogP contribution in [0.15, 0.2) is 24.3 Å². The minimum absolute atomic E-state index is 0.0117. The molecule has 2 N–H and O–H groups in total. The Morgan fingerprint density at radius 2 is 2.06 bits per heavy atom. The van der Waals surface area contributed by atoms with Crippen molar-refractivity contribution in [1.82, 2.24) is 5.32 Å². The van der Waals surface area contributed by atoms with E-state index < -0.39 is 0 Å². The molecule has 3 heteroatoms. The largest absolute Gasteiger partial charge is 0.387 e. The summed E-state index contributed by atoms with van der Waals surface area (Å²) in [5.74, 6) is 0.644. The van der Waals surface area contributed by atoms with Gasteiger partial charge in [0.25, 0.3) is 5.91 Å². The molecule has 0 aliphatic heterocycles. The summed E-state index contributed by atoms with van der Waals surface area (Å²) >= 11 is 0. The minimum Gasteiger partial charge on any atom is -0.387 e. The Morgan fingerprint density at radius 3 is 2.65 bits per heavy atom. The molecule has 0 radical (unpaired) electrons. The van der Waals surface area contributed by atoms with E-state index in [0.717, 1.165) is 12.2 Å². The molecule has 0 spiro atoms. The van der Waals surface area contributed by atoms with Gasteiger partial charge in [-0.2, -0.15) is 0 Å². The van der Waals surface area contributed by atoms with Crippen LogP contribution in [0.4, 0.5) is 5.69 Å². The average molecular weight is 232 g/mol. The number of benzene rings is 1. The lowest BCUT2D eigenvalue weighted by molar-refractivity contribution is 0.0951. The lowest BCUT2D eigenvalue weighted by atomic mass is 10.1. The molecule has 1 aliphatic rings. The van der Waals surface area contributed by atoms with E-state index >= 15 is 0 Å². The summed E-state index contributed by atoms with van der Waals surface area (Å²) in [6.07, 6.45) is 1.21. The van der Waals surface area contributed by atoms with Gasteiger partial charge in [0.1, 0.15) is 0 Å². The molecule has 1 unspecified atom stereocenters. The first-order valence-electron chi connectivity index (χ1n) is 6.09. The summed E-state index contributed by atoms with van der Waals surface area (Å²) in [4.78, 5) is 12.0. The highest BCUT2D eigenvalue weighted by atomic mass is 16.1. The number of hydrogen-bond acceptors (Lipinski definition) is 2. The highest BCUT2D eigenvalue weighted by molar-refractivity contribution is 5.99. The van der Waals surface area contributed by atoms with E-state index in [-0.39, 0.29) is 5.91 Å². The zero-order valence-corrected chi connectivity index (χ0v) is 10.7. The summed E-state index contributed by atoms with van der Waals surface area (Å²) in [7, 11) is 1.83. The number of hydrogen-bond donors (Lipinski definition) is 2. The van der Waals surface area contributed by atoms with Crippen LogP contribution in [0.1, 0.15) is 30.6 Å². The van der Waals surface area contributed by atoms with Crippen molar-refractivity contribution in [1.29, 1.82) is 0 Å². The molecule has 17 heavy (non-hydrogen) atoms. The number of carbonyl (C=O) groups is 1. The summed E-state index contributed by atoms with van der Waals surface area (Å²) in [5.41, 5.74) is 2.00. The predicted octanol–water partition coefficient (Wildman–Crippen LogP) is 2.50. The molecule has 92 valence electrons. The van der Waals surface area contributed by atoms with Gasteiger partial charge < -0.3 is 10.6 Å². The molecular weight excluding hydrogens is 212 g/mol. The van der Waals surface area contributed by atoms with Gasteiger partial charge in [0.2, 0.25) is 0 Å². The molecule has 1 atom stereocenters. The zero-order chi connectivity index (χ0) is 12.5. The Kier molecular flexibility index (Phi) is 3.09. The Labute approximate surface area is 103 Å². The van der Waals surface area contributed by atoms with Gasteiger partial charge in [-0.25, -0.2) is 0 Å². The van der Waals surface area contributed by atoms with Crippen molar-refractivity contribution >= 4 is 11.6 Å². The first-order chi connectivity index (χ1) is 8.04. The molecule has 0 bridgehead atoms. The molecule has 0 heterocycles. The number of rotatable bonds is 4. The molecule has 1 aromatic rings. The van der Waals surface area contributed by atoms with Crippen molar-refractivity contribution in [2.45, 2.75) is 20.3 Å². The van der Waals surface area contributed by atoms with Crippen LogP contribution in [-0.4, -0.2) is 19.5 Å². The fourth-order valence-corrected chi connectivity index (χ4v) is 2.13. The van der Waals surface area contributed by atoms with E-state index in [9.17, 15) is 4.79 Å². The van der Waals surface area contributed by atoms with Crippen molar-refractivity contribution in [2.24, 2.45) is 11.3 Å². The van der Waals surface area contributed by atoms with E-state index in [0.29, 0.717) is 16.9 Å². The SMILES string of the molecule is CNc1ccccc1C(=O)NCC1CC1(C)C. The van der Waals surface area contributed by atoms with Crippen molar-refractivity contribution in [3.05, 3.63) is 29.8 Å². The van der Waals surface area contributed by atoms with Gasteiger partial charge in [-0.05, 0) is 29.9 Å². The maximum Gasteiger partial charge on any atom is 0.253 e.